The van der Waals surface area contributed by atoms with E-state index in [2.05, 4.69) is 20.5 Å². The van der Waals surface area contributed by atoms with Crippen LogP contribution in [0.4, 0.5) is 11.5 Å². The molecule has 0 atom stereocenters. The molecular weight excluding hydrogens is 311 g/mol. The first-order chi connectivity index (χ1) is 9.29. The molecule has 1 fully saturated rings. The fourth-order valence-corrected chi connectivity index (χ4v) is 2.23. The van der Waals surface area contributed by atoms with Crippen LogP contribution in [-0.2, 0) is 4.79 Å². The van der Waals surface area contributed by atoms with Crippen molar-refractivity contribution in [3.05, 3.63) is 18.3 Å². The van der Waals surface area contributed by atoms with Gasteiger partial charge in [-0.05, 0) is 38.4 Å². The summed E-state index contributed by atoms with van der Waals surface area (Å²) in [5.74, 6) is 1.02. The molecule has 1 aromatic rings. The van der Waals surface area contributed by atoms with E-state index in [1.54, 1.807) is 6.20 Å². The van der Waals surface area contributed by atoms with Crippen LogP contribution in [-0.4, -0.2) is 37.6 Å². The molecule has 5 nitrogen and oxygen atoms in total. The number of carbonyl (C=O) groups is 1. The maximum atomic E-state index is 11.6. The van der Waals surface area contributed by atoms with E-state index in [0.29, 0.717) is 13.0 Å². The number of amides is 1. The number of hydrogen-bond donors (Lipinski definition) is 2. The molecule has 2 N–H and O–H groups in total. The average molecular weight is 335 g/mol. The standard InChI is InChI=1S/C14H22N4O.2ClH/c1-15-8-7-14(19)17-12-5-6-13(16-11-12)18-9-3-2-4-10-18;;/h5-6,11,15H,2-4,7-10H2,1H3,(H,17,19);2*1H. The molecule has 1 aliphatic rings. The second kappa shape index (κ2) is 10.7. The minimum Gasteiger partial charge on any atom is -0.357 e. The normalized spacial score (nSPS) is 13.9. The van der Waals surface area contributed by atoms with Gasteiger partial charge in [0, 0.05) is 26.1 Å². The lowest BCUT2D eigenvalue weighted by molar-refractivity contribution is -0.116. The summed E-state index contributed by atoms with van der Waals surface area (Å²) < 4.78 is 0. The van der Waals surface area contributed by atoms with E-state index in [-0.39, 0.29) is 30.7 Å². The van der Waals surface area contributed by atoms with Crippen LogP contribution in [0.15, 0.2) is 18.3 Å². The number of pyridine rings is 1. The number of nitrogens with one attached hydrogen (secondary N) is 2. The van der Waals surface area contributed by atoms with E-state index in [1.807, 2.05) is 19.2 Å². The van der Waals surface area contributed by atoms with Crippen LogP contribution >= 0.6 is 24.8 Å². The van der Waals surface area contributed by atoms with Crippen molar-refractivity contribution in [3.63, 3.8) is 0 Å². The molecular formula is C14H24Cl2N4O. The van der Waals surface area contributed by atoms with Gasteiger partial charge in [-0.2, -0.15) is 0 Å². The van der Waals surface area contributed by atoms with Gasteiger partial charge in [0.25, 0.3) is 0 Å². The topological polar surface area (TPSA) is 57.3 Å². The van der Waals surface area contributed by atoms with Gasteiger partial charge in [-0.15, -0.1) is 24.8 Å². The van der Waals surface area contributed by atoms with Crippen molar-refractivity contribution >= 4 is 42.2 Å². The summed E-state index contributed by atoms with van der Waals surface area (Å²) in [6, 6.07) is 3.91. The van der Waals surface area contributed by atoms with Crippen LogP contribution in [0.1, 0.15) is 25.7 Å². The summed E-state index contributed by atoms with van der Waals surface area (Å²) in [4.78, 5) is 18.3. The average Bonchev–Trinajstić information content (AvgIpc) is 2.47. The monoisotopic (exact) mass is 334 g/mol. The van der Waals surface area contributed by atoms with Crippen LogP contribution in [0.2, 0.25) is 0 Å². The van der Waals surface area contributed by atoms with Crippen molar-refractivity contribution in [2.24, 2.45) is 0 Å². The number of hydrogen-bond acceptors (Lipinski definition) is 4. The Bertz CT molecular complexity index is 408. The van der Waals surface area contributed by atoms with Gasteiger partial charge in [0.15, 0.2) is 0 Å². The molecule has 120 valence electrons. The van der Waals surface area contributed by atoms with E-state index < -0.39 is 0 Å². The lowest BCUT2D eigenvalue weighted by Crippen LogP contribution is -2.30. The van der Waals surface area contributed by atoms with E-state index in [4.69, 9.17) is 0 Å². The third-order valence-corrected chi connectivity index (χ3v) is 3.31. The number of piperidine rings is 1. The lowest BCUT2D eigenvalue weighted by Gasteiger charge is -2.27. The van der Waals surface area contributed by atoms with Gasteiger partial charge in [0.05, 0.1) is 11.9 Å². The molecule has 1 aliphatic heterocycles. The molecule has 0 aliphatic carbocycles. The SMILES string of the molecule is CNCCC(=O)Nc1ccc(N2CCCCC2)nc1.Cl.Cl. The molecule has 0 bridgehead atoms. The maximum Gasteiger partial charge on any atom is 0.225 e. The molecule has 1 saturated heterocycles. The molecule has 0 radical (unpaired) electrons. The summed E-state index contributed by atoms with van der Waals surface area (Å²) in [5.41, 5.74) is 0.766. The highest BCUT2D eigenvalue weighted by molar-refractivity contribution is 5.90. The molecule has 0 aromatic carbocycles. The Morgan fingerprint density at radius 2 is 1.95 bits per heavy atom. The van der Waals surface area contributed by atoms with Crippen LogP contribution in [0.25, 0.3) is 0 Å². The predicted molar refractivity (Wildman–Crippen MR) is 92.0 cm³/mol. The molecule has 7 heteroatoms. The quantitative estimate of drug-likeness (QED) is 0.868. The second-order valence-electron chi connectivity index (χ2n) is 4.85. The van der Waals surface area contributed by atoms with Crippen molar-refractivity contribution < 1.29 is 4.79 Å². The van der Waals surface area contributed by atoms with Crippen molar-refractivity contribution in [1.82, 2.24) is 10.3 Å². The smallest absolute Gasteiger partial charge is 0.225 e. The molecule has 0 spiro atoms. The first kappa shape index (κ1) is 20.0. The van der Waals surface area contributed by atoms with Crippen molar-refractivity contribution in [3.8, 4) is 0 Å². The van der Waals surface area contributed by atoms with Gasteiger partial charge in [0.1, 0.15) is 5.82 Å². The van der Waals surface area contributed by atoms with E-state index >= 15 is 0 Å². The van der Waals surface area contributed by atoms with Gasteiger partial charge in [-0.1, -0.05) is 0 Å². The Hall–Kier alpha value is -1.04. The Labute approximate surface area is 138 Å². The van der Waals surface area contributed by atoms with Gasteiger partial charge in [-0.25, -0.2) is 4.98 Å². The molecule has 1 amide bonds. The zero-order chi connectivity index (χ0) is 13.5. The lowest BCUT2D eigenvalue weighted by atomic mass is 10.1. The van der Waals surface area contributed by atoms with Gasteiger partial charge in [-0.3, -0.25) is 4.79 Å². The highest BCUT2D eigenvalue weighted by atomic mass is 35.5. The zero-order valence-electron chi connectivity index (χ0n) is 12.3. The van der Waals surface area contributed by atoms with Crippen LogP contribution in [0.5, 0.6) is 0 Å². The largest absolute Gasteiger partial charge is 0.357 e. The van der Waals surface area contributed by atoms with Gasteiger partial charge < -0.3 is 15.5 Å². The Morgan fingerprint density at radius 1 is 1.24 bits per heavy atom. The van der Waals surface area contributed by atoms with Crippen LogP contribution < -0.4 is 15.5 Å². The van der Waals surface area contributed by atoms with E-state index in [1.165, 1.54) is 19.3 Å². The summed E-state index contributed by atoms with van der Waals surface area (Å²) in [6.45, 7) is 2.85. The van der Waals surface area contributed by atoms with Crippen molar-refractivity contribution in [1.29, 1.82) is 0 Å². The summed E-state index contributed by atoms with van der Waals surface area (Å²) >= 11 is 0. The first-order valence-electron chi connectivity index (χ1n) is 6.95. The molecule has 1 aromatic heterocycles. The van der Waals surface area contributed by atoms with Crippen LogP contribution in [0.3, 0.4) is 0 Å². The van der Waals surface area contributed by atoms with E-state index in [0.717, 1.165) is 24.6 Å². The van der Waals surface area contributed by atoms with Gasteiger partial charge in [0.2, 0.25) is 5.91 Å². The summed E-state index contributed by atoms with van der Waals surface area (Å²) in [6.07, 6.45) is 6.01. The molecule has 2 rings (SSSR count). The number of halogens is 2. The number of anilines is 2. The Kier molecular flexibility index (Phi) is 10.1. The van der Waals surface area contributed by atoms with Crippen molar-refractivity contribution in [2.75, 3.05) is 36.9 Å². The number of aromatic nitrogens is 1. The summed E-state index contributed by atoms with van der Waals surface area (Å²) in [7, 11) is 1.84. The van der Waals surface area contributed by atoms with Crippen molar-refractivity contribution in [2.45, 2.75) is 25.7 Å². The minimum absolute atomic E-state index is 0. The Morgan fingerprint density at radius 3 is 2.52 bits per heavy atom. The summed E-state index contributed by atoms with van der Waals surface area (Å²) in [5, 5.41) is 5.80. The van der Waals surface area contributed by atoms with Gasteiger partial charge >= 0.3 is 0 Å². The molecule has 0 saturated carbocycles. The first-order valence-corrected chi connectivity index (χ1v) is 6.95. The fourth-order valence-electron chi connectivity index (χ4n) is 2.23. The second-order valence-corrected chi connectivity index (χ2v) is 4.85. The third kappa shape index (κ3) is 6.50. The fraction of sp³-hybridized carbons (Fsp3) is 0.571. The third-order valence-electron chi connectivity index (χ3n) is 3.31. The number of carbonyl (C=O) groups excluding carboxylic acids is 1. The molecule has 21 heavy (non-hydrogen) atoms. The van der Waals surface area contributed by atoms with E-state index in [9.17, 15) is 4.79 Å². The molecule has 2 heterocycles. The molecule has 0 unspecified atom stereocenters. The minimum atomic E-state index is 0. The number of nitrogens with zero attached hydrogens (tertiary/aromatic N) is 2. The van der Waals surface area contributed by atoms with Crippen LogP contribution in [0, 0.1) is 0 Å². The zero-order valence-corrected chi connectivity index (χ0v) is 13.9. The Balaban J connectivity index is 0.00000200. The predicted octanol–water partition coefficient (Wildman–Crippen LogP) is 2.46. The maximum absolute atomic E-state index is 11.6. The highest BCUT2D eigenvalue weighted by Crippen LogP contribution is 2.18. The number of rotatable bonds is 5. The highest BCUT2D eigenvalue weighted by Gasteiger charge is 2.11.